The highest BCUT2D eigenvalue weighted by Crippen LogP contribution is 2.43. The SMILES string of the molecule is Cc1cc(C)n(CC(=O)N2[C@@H]3CC[C@H]2CC(c2ccc(F)c(C)c2)C3)c(=O)n1. The summed E-state index contributed by atoms with van der Waals surface area (Å²) in [6, 6.07) is 7.57. The van der Waals surface area contributed by atoms with Gasteiger partial charge in [0.15, 0.2) is 0 Å². The van der Waals surface area contributed by atoms with Crippen molar-refractivity contribution < 1.29 is 9.18 Å². The van der Waals surface area contributed by atoms with Crippen LogP contribution in [0.5, 0.6) is 0 Å². The van der Waals surface area contributed by atoms with Crippen LogP contribution in [0.15, 0.2) is 29.1 Å². The minimum absolute atomic E-state index is 0.00269. The van der Waals surface area contributed by atoms with Gasteiger partial charge in [-0.15, -0.1) is 0 Å². The van der Waals surface area contributed by atoms with Crippen molar-refractivity contribution in [2.45, 2.75) is 71.0 Å². The number of aromatic nitrogens is 2. The van der Waals surface area contributed by atoms with Crippen LogP contribution in [0.25, 0.3) is 0 Å². The zero-order chi connectivity index (χ0) is 20.0. The number of rotatable bonds is 3. The van der Waals surface area contributed by atoms with Crippen molar-refractivity contribution in [3.63, 3.8) is 0 Å². The molecule has 2 aromatic rings. The van der Waals surface area contributed by atoms with E-state index in [4.69, 9.17) is 0 Å². The number of hydrogen-bond acceptors (Lipinski definition) is 3. The van der Waals surface area contributed by atoms with Crippen molar-refractivity contribution >= 4 is 5.91 Å². The maximum absolute atomic E-state index is 13.6. The molecule has 4 rings (SSSR count). The highest BCUT2D eigenvalue weighted by molar-refractivity contribution is 5.77. The van der Waals surface area contributed by atoms with Crippen molar-refractivity contribution in [2.24, 2.45) is 0 Å². The quantitative estimate of drug-likeness (QED) is 0.818. The lowest BCUT2D eigenvalue weighted by molar-refractivity contribution is -0.136. The fraction of sp³-hybridized carbons (Fsp3) is 0.500. The molecule has 1 aromatic carbocycles. The standard InChI is InChI=1S/C22H26FN3O2/c1-13-8-16(4-7-20(13)23)17-10-18-5-6-19(11-17)26(18)21(27)12-25-15(3)9-14(2)24-22(25)28/h4,7-9,17-19H,5-6,10-12H2,1-3H3/t17?,18-,19+. The van der Waals surface area contributed by atoms with Crippen LogP contribution in [-0.4, -0.2) is 32.4 Å². The Morgan fingerprint density at radius 2 is 1.82 bits per heavy atom. The zero-order valence-corrected chi connectivity index (χ0v) is 16.6. The van der Waals surface area contributed by atoms with Gasteiger partial charge < -0.3 is 4.90 Å². The van der Waals surface area contributed by atoms with E-state index in [1.54, 1.807) is 19.9 Å². The second-order valence-corrected chi connectivity index (χ2v) is 8.27. The number of aryl methyl sites for hydroxylation is 3. The summed E-state index contributed by atoms with van der Waals surface area (Å²) in [4.78, 5) is 31.2. The number of carbonyl (C=O) groups excluding carboxylic acids is 1. The van der Waals surface area contributed by atoms with E-state index in [0.29, 0.717) is 17.2 Å². The number of carbonyl (C=O) groups is 1. The van der Waals surface area contributed by atoms with Gasteiger partial charge in [-0.1, -0.05) is 12.1 Å². The fourth-order valence-corrected chi connectivity index (χ4v) is 4.96. The number of hydrogen-bond donors (Lipinski definition) is 0. The monoisotopic (exact) mass is 383 g/mol. The zero-order valence-electron chi connectivity index (χ0n) is 16.6. The van der Waals surface area contributed by atoms with E-state index < -0.39 is 0 Å². The molecular formula is C22H26FN3O2. The maximum atomic E-state index is 13.6. The van der Waals surface area contributed by atoms with Crippen LogP contribution < -0.4 is 5.69 Å². The Morgan fingerprint density at radius 3 is 2.43 bits per heavy atom. The molecule has 2 saturated heterocycles. The molecule has 6 heteroatoms. The molecule has 1 unspecified atom stereocenters. The summed E-state index contributed by atoms with van der Waals surface area (Å²) in [5, 5.41) is 0. The number of benzene rings is 1. The van der Waals surface area contributed by atoms with Crippen LogP contribution in [0.1, 0.15) is 54.1 Å². The highest BCUT2D eigenvalue weighted by Gasteiger charge is 2.43. The topological polar surface area (TPSA) is 55.2 Å². The van der Waals surface area contributed by atoms with E-state index in [0.717, 1.165) is 36.9 Å². The van der Waals surface area contributed by atoms with E-state index in [-0.39, 0.29) is 36.0 Å². The second-order valence-electron chi connectivity index (χ2n) is 8.27. The fourth-order valence-electron chi connectivity index (χ4n) is 4.96. The lowest BCUT2D eigenvalue weighted by atomic mass is 9.84. The van der Waals surface area contributed by atoms with Gasteiger partial charge in [-0.2, -0.15) is 4.98 Å². The van der Waals surface area contributed by atoms with Gasteiger partial charge >= 0.3 is 5.69 Å². The maximum Gasteiger partial charge on any atom is 0.348 e. The van der Waals surface area contributed by atoms with Gasteiger partial charge in [0.2, 0.25) is 5.91 Å². The van der Waals surface area contributed by atoms with Gasteiger partial charge in [-0.3, -0.25) is 9.36 Å². The molecule has 3 heterocycles. The number of fused-ring (bicyclic) bond motifs is 2. The van der Waals surface area contributed by atoms with E-state index in [1.807, 2.05) is 30.0 Å². The predicted molar refractivity (Wildman–Crippen MR) is 105 cm³/mol. The van der Waals surface area contributed by atoms with Crippen molar-refractivity contribution in [1.82, 2.24) is 14.5 Å². The summed E-state index contributed by atoms with van der Waals surface area (Å²) in [7, 11) is 0. The predicted octanol–water partition coefficient (Wildman–Crippen LogP) is 3.24. The first kappa shape index (κ1) is 18.8. The molecule has 3 atom stereocenters. The molecule has 5 nitrogen and oxygen atoms in total. The summed E-state index contributed by atoms with van der Waals surface area (Å²) >= 11 is 0. The van der Waals surface area contributed by atoms with Crippen LogP contribution in [-0.2, 0) is 11.3 Å². The Labute approximate surface area is 164 Å². The molecule has 2 aliphatic rings. The molecule has 1 aromatic heterocycles. The van der Waals surface area contributed by atoms with Gasteiger partial charge in [0.25, 0.3) is 0 Å². The minimum Gasteiger partial charge on any atom is -0.335 e. The molecule has 0 saturated carbocycles. The van der Waals surface area contributed by atoms with Crippen molar-refractivity contribution in [3.05, 3.63) is 63.1 Å². The molecule has 0 spiro atoms. The Kier molecular flexibility index (Phi) is 4.81. The average Bonchev–Trinajstić information content (AvgIpc) is 2.90. The van der Waals surface area contributed by atoms with E-state index in [2.05, 4.69) is 4.98 Å². The average molecular weight is 383 g/mol. The number of halogens is 1. The number of nitrogens with zero attached hydrogens (tertiary/aromatic N) is 3. The first-order chi connectivity index (χ1) is 13.3. The third-order valence-corrected chi connectivity index (χ3v) is 6.31. The van der Waals surface area contributed by atoms with Crippen LogP contribution in [0.4, 0.5) is 4.39 Å². The Hall–Kier alpha value is -2.50. The summed E-state index contributed by atoms with van der Waals surface area (Å²) in [6.07, 6.45) is 3.78. The molecule has 2 bridgehead atoms. The number of piperidine rings is 1. The normalized spacial score (nSPS) is 23.9. The van der Waals surface area contributed by atoms with E-state index in [1.165, 1.54) is 4.57 Å². The summed E-state index contributed by atoms with van der Waals surface area (Å²) in [5.41, 5.74) is 2.90. The van der Waals surface area contributed by atoms with Gasteiger partial charge in [0.05, 0.1) is 0 Å². The molecule has 148 valence electrons. The Balaban J connectivity index is 1.51. The minimum atomic E-state index is -0.366. The third kappa shape index (κ3) is 3.36. The largest absolute Gasteiger partial charge is 0.348 e. The summed E-state index contributed by atoms with van der Waals surface area (Å²) in [6.45, 7) is 5.46. The molecule has 2 aliphatic heterocycles. The highest BCUT2D eigenvalue weighted by atomic mass is 19.1. The first-order valence-corrected chi connectivity index (χ1v) is 9.95. The molecule has 0 N–H and O–H groups in total. The molecule has 0 radical (unpaired) electrons. The van der Waals surface area contributed by atoms with Crippen LogP contribution in [0.2, 0.25) is 0 Å². The van der Waals surface area contributed by atoms with Crippen molar-refractivity contribution in [2.75, 3.05) is 0 Å². The van der Waals surface area contributed by atoms with E-state index >= 15 is 0 Å². The lowest BCUT2D eigenvalue weighted by Crippen LogP contribution is -2.48. The second kappa shape index (κ2) is 7.15. The van der Waals surface area contributed by atoms with Crippen molar-refractivity contribution in [1.29, 1.82) is 0 Å². The molecule has 28 heavy (non-hydrogen) atoms. The van der Waals surface area contributed by atoms with Gasteiger partial charge in [0.1, 0.15) is 12.4 Å². The van der Waals surface area contributed by atoms with Gasteiger partial charge in [0, 0.05) is 23.5 Å². The lowest BCUT2D eigenvalue weighted by Gasteiger charge is -2.39. The Bertz CT molecular complexity index is 970. The number of amides is 1. The first-order valence-electron chi connectivity index (χ1n) is 9.95. The Morgan fingerprint density at radius 1 is 1.14 bits per heavy atom. The third-order valence-electron chi connectivity index (χ3n) is 6.31. The van der Waals surface area contributed by atoms with Crippen LogP contribution in [0.3, 0.4) is 0 Å². The van der Waals surface area contributed by atoms with Gasteiger partial charge in [-0.05, 0) is 75.6 Å². The molecule has 1 amide bonds. The van der Waals surface area contributed by atoms with Gasteiger partial charge in [-0.25, -0.2) is 9.18 Å². The molecule has 0 aliphatic carbocycles. The van der Waals surface area contributed by atoms with Crippen molar-refractivity contribution in [3.8, 4) is 0 Å². The summed E-state index contributed by atoms with van der Waals surface area (Å²) < 4.78 is 15.1. The van der Waals surface area contributed by atoms with Crippen LogP contribution in [0, 0.1) is 26.6 Å². The van der Waals surface area contributed by atoms with Crippen LogP contribution >= 0.6 is 0 Å². The molecular weight excluding hydrogens is 357 g/mol. The molecule has 2 fully saturated rings. The van der Waals surface area contributed by atoms with E-state index in [9.17, 15) is 14.0 Å². The summed E-state index contributed by atoms with van der Waals surface area (Å²) in [5.74, 6) is 0.176. The smallest absolute Gasteiger partial charge is 0.335 e.